The van der Waals surface area contributed by atoms with E-state index in [1.807, 2.05) is 0 Å². The Balaban J connectivity index is 1.99. The topological polar surface area (TPSA) is 29.3 Å². The molecule has 0 spiro atoms. The Kier molecular flexibility index (Phi) is 3.49. The third kappa shape index (κ3) is 2.20. The van der Waals surface area contributed by atoms with Gasteiger partial charge in [-0.3, -0.25) is 0 Å². The first-order valence-electron chi connectivity index (χ1n) is 7.37. The lowest BCUT2D eigenvalue weighted by Gasteiger charge is -2.26. The smallest absolute Gasteiger partial charge is 0.0446 e. The van der Waals surface area contributed by atoms with Crippen LogP contribution in [0, 0.1) is 6.92 Å². The maximum atomic E-state index is 5.66. The van der Waals surface area contributed by atoms with Crippen molar-refractivity contribution in [2.45, 2.75) is 32.7 Å². The third-order valence-corrected chi connectivity index (χ3v) is 4.23. The highest BCUT2D eigenvalue weighted by Gasteiger charge is 2.26. The van der Waals surface area contributed by atoms with Gasteiger partial charge in [0.05, 0.1) is 0 Å². The Labute approximate surface area is 121 Å². The van der Waals surface area contributed by atoms with Crippen LogP contribution in [-0.4, -0.2) is 12.6 Å². The van der Waals surface area contributed by atoms with E-state index in [0.29, 0.717) is 12.6 Å². The van der Waals surface area contributed by atoms with E-state index >= 15 is 0 Å². The Morgan fingerprint density at radius 1 is 1.20 bits per heavy atom. The van der Waals surface area contributed by atoms with Crippen LogP contribution in [0.1, 0.15) is 23.6 Å². The van der Waals surface area contributed by atoms with Gasteiger partial charge in [0.1, 0.15) is 0 Å². The number of aryl methyl sites for hydroxylation is 1. The number of rotatable bonds is 3. The molecule has 0 amide bonds. The van der Waals surface area contributed by atoms with Crippen molar-refractivity contribution in [3.05, 3.63) is 59.2 Å². The van der Waals surface area contributed by atoms with Gasteiger partial charge in [-0.2, -0.15) is 0 Å². The summed E-state index contributed by atoms with van der Waals surface area (Å²) >= 11 is 0. The number of hydrogen-bond donors (Lipinski definition) is 1. The van der Waals surface area contributed by atoms with Gasteiger partial charge < -0.3 is 10.6 Å². The van der Waals surface area contributed by atoms with Crippen LogP contribution in [-0.2, 0) is 12.8 Å². The molecule has 1 aliphatic heterocycles. The predicted molar refractivity (Wildman–Crippen MR) is 85.7 cm³/mol. The number of para-hydroxylation sites is 1. The van der Waals surface area contributed by atoms with Crippen molar-refractivity contribution in [3.63, 3.8) is 0 Å². The first kappa shape index (κ1) is 13.2. The Hall–Kier alpha value is -1.80. The normalized spacial score (nSPS) is 17.4. The van der Waals surface area contributed by atoms with Gasteiger partial charge in [-0.1, -0.05) is 24.3 Å². The second-order valence-electron chi connectivity index (χ2n) is 5.70. The molecule has 3 rings (SSSR count). The number of fused-ring (bicyclic) bond motifs is 1. The van der Waals surface area contributed by atoms with Crippen LogP contribution < -0.4 is 10.6 Å². The molecule has 20 heavy (non-hydrogen) atoms. The first-order valence-corrected chi connectivity index (χ1v) is 7.37. The fourth-order valence-corrected chi connectivity index (χ4v) is 3.22. The number of benzene rings is 2. The van der Waals surface area contributed by atoms with E-state index in [2.05, 4.69) is 61.2 Å². The maximum absolute atomic E-state index is 5.66. The Morgan fingerprint density at radius 2 is 2.00 bits per heavy atom. The predicted octanol–water partition coefficient (Wildman–Crippen LogP) is 3.58. The van der Waals surface area contributed by atoms with E-state index < -0.39 is 0 Å². The second-order valence-corrected chi connectivity index (χ2v) is 5.70. The van der Waals surface area contributed by atoms with Crippen LogP contribution in [0.4, 0.5) is 11.4 Å². The van der Waals surface area contributed by atoms with Gasteiger partial charge in [-0.15, -0.1) is 0 Å². The lowest BCUT2D eigenvalue weighted by molar-refractivity contribution is 0.758. The summed E-state index contributed by atoms with van der Waals surface area (Å²) < 4.78 is 0. The quantitative estimate of drug-likeness (QED) is 0.920. The average molecular weight is 266 g/mol. The maximum Gasteiger partial charge on any atom is 0.0446 e. The summed E-state index contributed by atoms with van der Waals surface area (Å²) in [5, 5.41) is 0. The van der Waals surface area contributed by atoms with E-state index in [1.165, 1.54) is 28.1 Å². The molecule has 104 valence electrons. The van der Waals surface area contributed by atoms with Crippen molar-refractivity contribution in [3.8, 4) is 0 Å². The standard InChI is InChI=1S/C18H22N2/c1-13-11-17(8-7-15(13)9-10-19)20-14(2)12-16-5-3-4-6-18(16)20/h3-8,11,14H,9-10,12,19H2,1-2H3. The zero-order valence-corrected chi connectivity index (χ0v) is 12.3. The highest BCUT2D eigenvalue weighted by Crippen LogP contribution is 2.38. The molecule has 0 aromatic heterocycles. The number of nitrogens with zero attached hydrogens (tertiary/aromatic N) is 1. The van der Waals surface area contributed by atoms with Crippen molar-refractivity contribution < 1.29 is 0 Å². The van der Waals surface area contributed by atoms with Gasteiger partial charge in [0.25, 0.3) is 0 Å². The zero-order valence-electron chi connectivity index (χ0n) is 12.3. The summed E-state index contributed by atoms with van der Waals surface area (Å²) in [7, 11) is 0. The number of anilines is 2. The minimum atomic E-state index is 0.521. The molecule has 2 nitrogen and oxygen atoms in total. The molecule has 0 saturated carbocycles. The minimum absolute atomic E-state index is 0.521. The van der Waals surface area contributed by atoms with Crippen LogP contribution in [0.15, 0.2) is 42.5 Å². The van der Waals surface area contributed by atoms with E-state index in [9.17, 15) is 0 Å². The van der Waals surface area contributed by atoms with Crippen LogP contribution in [0.25, 0.3) is 0 Å². The van der Waals surface area contributed by atoms with Crippen LogP contribution >= 0.6 is 0 Å². The second kappa shape index (κ2) is 5.29. The monoisotopic (exact) mass is 266 g/mol. The molecule has 2 aromatic carbocycles. The van der Waals surface area contributed by atoms with Gasteiger partial charge in [0.2, 0.25) is 0 Å². The molecule has 1 unspecified atom stereocenters. The minimum Gasteiger partial charge on any atom is -0.338 e. The van der Waals surface area contributed by atoms with Gasteiger partial charge >= 0.3 is 0 Å². The molecule has 0 saturated heterocycles. The summed E-state index contributed by atoms with van der Waals surface area (Å²) in [6.07, 6.45) is 2.08. The number of nitrogens with two attached hydrogens (primary N) is 1. The summed E-state index contributed by atoms with van der Waals surface area (Å²) in [6, 6.07) is 16.0. The molecular weight excluding hydrogens is 244 g/mol. The van der Waals surface area contributed by atoms with Gasteiger partial charge in [0, 0.05) is 17.4 Å². The van der Waals surface area contributed by atoms with Gasteiger partial charge in [-0.25, -0.2) is 0 Å². The van der Waals surface area contributed by atoms with Crippen molar-refractivity contribution in [1.82, 2.24) is 0 Å². The highest BCUT2D eigenvalue weighted by atomic mass is 15.2. The molecule has 2 aromatic rings. The Morgan fingerprint density at radius 3 is 2.75 bits per heavy atom. The molecule has 0 fully saturated rings. The largest absolute Gasteiger partial charge is 0.338 e. The molecule has 1 aliphatic rings. The summed E-state index contributed by atoms with van der Waals surface area (Å²) in [5.74, 6) is 0. The van der Waals surface area contributed by atoms with E-state index in [4.69, 9.17) is 5.73 Å². The van der Waals surface area contributed by atoms with E-state index in [0.717, 1.165) is 12.8 Å². The van der Waals surface area contributed by atoms with Crippen molar-refractivity contribution in [2.75, 3.05) is 11.4 Å². The van der Waals surface area contributed by atoms with Crippen LogP contribution in [0.3, 0.4) is 0 Å². The molecule has 1 atom stereocenters. The first-order chi connectivity index (χ1) is 9.70. The zero-order chi connectivity index (χ0) is 14.1. The van der Waals surface area contributed by atoms with Gasteiger partial charge in [0.15, 0.2) is 0 Å². The van der Waals surface area contributed by atoms with E-state index in [-0.39, 0.29) is 0 Å². The molecular formula is C18H22N2. The lowest BCUT2D eigenvalue weighted by Crippen LogP contribution is -2.24. The fraction of sp³-hybridized carbons (Fsp3) is 0.333. The van der Waals surface area contributed by atoms with Crippen LogP contribution in [0.2, 0.25) is 0 Å². The summed E-state index contributed by atoms with van der Waals surface area (Å²) in [6.45, 7) is 5.19. The van der Waals surface area contributed by atoms with Gasteiger partial charge in [-0.05, 0) is 68.1 Å². The summed E-state index contributed by atoms with van der Waals surface area (Å²) in [5.41, 5.74) is 12.5. The Bertz CT molecular complexity index is 619. The molecule has 0 radical (unpaired) electrons. The van der Waals surface area contributed by atoms with E-state index in [1.54, 1.807) is 0 Å². The third-order valence-electron chi connectivity index (χ3n) is 4.23. The summed E-state index contributed by atoms with van der Waals surface area (Å²) in [4.78, 5) is 2.45. The fourth-order valence-electron chi connectivity index (χ4n) is 3.22. The number of hydrogen-bond acceptors (Lipinski definition) is 2. The molecule has 1 heterocycles. The molecule has 2 N–H and O–H groups in total. The average Bonchev–Trinajstić information content (AvgIpc) is 2.77. The SMILES string of the molecule is Cc1cc(N2c3ccccc3CC2C)ccc1CCN. The molecule has 0 aliphatic carbocycles. The molecule has 2 heteroatoms. The van der Waals surface area contributed by atoms with Crippen LogP contribution in [0.5, 0.6) is 0 Å². The van der Waals surface area contributed by atoms with Crippen molar-refractivity contribution in [1.29, 1.82) is 0 Å². The highest BCUT2D eigenvalue weighted by molar-refractivity contribution is 5.71. The van der Waals surface area contributed by atoms with Crippen molar-refractivity contribution in [2.24, 2.45) is 5.73 Å². The van der Waals surface area contributed by atoms with Crippen molar-refractivity contribution >= 4 is 11.4 Å². The molecule has 0 bridgehead atoms. The lowest BCUT2D eigenvalue weighted by atomic mass is 10.0.